The summed E-state index contributed by atoms with van der Waals surface area (Å²) >= 11 is 0. The van der Waals surface area contributed by atoms with E-state index in [1.54, 1.807) is 0 Å². The minimum Gasteiger partial charge on any atom is -0.356 e. The highest BCUT2D eigenvalue weighted by atomic mass is 16.1. The van der Waals surface area contributed by atoms with Crippen LogP contribution in [0.1, 0.15) is 39.0 Å². The highest BCUT2D eigenvalue weighted by molar-refractivity contribution is 5.93. The smallest absolute Gasteiger partial charge is 0.221 e. The summed E-state index contributed by atoms with van der Waals surface area (Å²) in [6.45, 7) is 5.36. The van der Waals surface area contributed by atoms with Crippen LogP contribution in [-0.2, 0) is 4.79 Å². The summed E-state index contributed by atoms with van der Waals surface area (Å²) in [5.74, 6) is 0.965. The molecule has 1 fully saturated rings. The molecule has 0 radical (unpaired) electrons. The molecule has 0 unspecified atom stereocenters. The quantitative estimate of drug-likeness (QED) is 0.627. The van der Waals surface area contributed by atoms with E-state index in [4.69, 9.17) is 0 Å². The van der Waals surface area contributed by atoms with Crippen LogP contribution < -0.4 is 10.6 Å². The number of carbonyl (C=O) groups excluding carboxylic acids is 1. The number of nitrogens with one attached hydrogen (secondary N) is 2. The fourth-order valence-electron chi connectivity index (χ4n) is 2.59. The molecule has 1 aliphatic heterocycles. The Balaban J connectivity index is 1.94. The second-order valence-corrected chi connectivity index (χ2v) is 5.84. The van der Waals surface area contributed by atoms with Gasteiger partial charge in [-0.2, -0.15) is 0 Å². The molecular weight excluding hydrogens is 288 g/mol. The molecule has 5 heteroatoms. The lowest BCUT2D eigenvalue weighted by molar-refractivity contribution is -0.120. The van der Waals surface area contributed by atoms with Gasteiger partial charge in [0.15, 0.2) is 5.96 Å². The molecule has 2 N–H and O–H groups in total. The van der Waals surface area contributed by atoms with Crippen molar-refractivity contribution in [2.45, 2.75) is 39.0 Å². The van der Waals surface area contributed by atoms with E-state index in [9.17, 15) is 4.79 Å². The van der Waals surface area contributed by atoms with Crippen LogP contribution >= 0.6 is 0 Å². The minimum absolute atomic E-state index is 0.0771. The Morgan fingerprint density at radius 2 is 1.91 bits per heavy atom. The Labute approximate surface area is 139 Å². The Hall–Kier alpha value is -2.04. The molecule has 0 saturated carbocycles. The maximum Gasteiger partial charge on any atom is 0.221 e. The Morgan fingerprint density at radius 1 is 1.17 bits per heavy atom. The van der Waals surface area contributed by atoms with Crippen molar-refractivity contribution in [1.29, 1.82) is 0 Å². The zero-order valence-corrected chi connectivity index (χ0v) is 14.1. The largest absolute Gasteiger partial charge is 0.356 e. The predicted molar refractivity (Wildman–Crippen MR) is 95.7 cm³/mol. The average molecular weight is 316 g/mol. The fourth-order valence-corrected chi connectivity index (χ4v) is 2.59. The Morgan fingerprint density at radius 3 is 2.61 bits per heavy atom. The number of rotatable bonds is 6. The number of likely N-dealkylation sites (tertiary alicyclic amines) is 1. The van der Waals surface area contributed by atoms with E-state index in [0.29, 0.717) is 13.0 Å². The molecule has 1 aromatic carbocycles. The number of hydrogen-bond acceptors (Lipinski definition) is 2. The van der Waals surface area contributed by atoms with Crippen molar-refractivity contribution in [3.05, 3.63) is 30.3 Å². The minimum atomic E-state index is 0.0771. The van der Waals surface area contributed by atoms with Crippen LogP contribution in [0.5, 0.6) is 0 Å². The molecule has 1 amide bonds. The van der Waals surface area contributed by atoms with Crippen LogP contribution in [0.15, 0.2) is 35.3 Å². The van der Waals surface area contributed by atoms with Gasteiger partial charge in [-0.15, -0.1) is 0 Å². The van der Waals surface area contributed by atoms with Gasteiger partial charge in [-0.25, -0.2) is 0 Å². The summed E-state index contributed by atoms with van der Waals surface area (Å²) in [6, 6.07) is 10.1. The second-order valence-electron chi connectivity index (χ2n) is 5.84. The molecule has 0 atom stereocenters. The SMILES string of the molecule is CCCNC(=O)CCN=C(Nc1ccccc1)N1CCCCC1. The van der Waals surface area contributed by atoms with E-state index < -0.39 is 0 Å². The van der Waals surface area contributed by atoms with Crippen molar-refractivity contribution >= 4 is 17.6 Å². The summed E-state index contributed by atoms with van der Waals surface area (Å²) in [7, 11) is 0. The van der Waals surface area contributed by atoms with Crippen LogP contribution in [0.4, 0.5) is 5.69 Å². The molecular formula is C18H28N4O. The van der Waals surface area contributed by atoms with Crippen molar-refractivity contribution in [2.24, 2.45) is 4.99 Å². The van der Waals surface area contributed by atoms with Gasteiger partial charge in [-0.1, -0.05) is 25.1 Å². The monoisotopic (exact) mass is 316 g/mol. The van der Waals surface area contributed by atoms with E-state index in [1.807, 2.05) is 30.3 Å². The summed E-state index contributed by atoms with van der Waals surface area (Å²) in [4.78, 5) is 18.7. The molecule has 23 heavy (non-hydrogen) atoms. The fraction of sp³-hybridized carbons (Fsp3) is 0.556. The van der Waals surface area contributed by atoms with Crippen LogP contribution in [0.25, 0.3) is 0 Å². The molecule has 1 saturated heterocycles. The number of carbonyl (C=O) groups is 1. The van der Waals surface area contributed by atoms with E-state index in [0.717, 1.165) is 37.7 Å². The molecule has 0 bridgehead atoms. The standard InChI is InChI=1S/C18H28N4O/c1-2-12-19-17(23)11-13-20-18(22-14-7-4-8-15-22)21-16-9-5-3-6-10-16/h3,5-6,9-10H,2,4,7-8,11-15H2,1H3,(H,19,23)(H,20,21). The van der Waals surface area contributed by atoms with Crippen molar-refractivity contribution in [1.82, 2.24) is 10.2 Å². The first-order valence-electron chi connectivity index (χ1n) is 8.67. The first-order chi connectivity index (χ1) is 11.3. The van der Waals surface area contributed by atoms with Gasteiger partial charge in [0.1, 0.15) is 0 Å². The van der Waals surface area contributed by atoms with Crippen molar-refractivity contribution in [3.63, 3.8) is 0 Å². The lowest BCUT2D eigenvalue weighted by Gasteiger charge is -2.30. The number of nitrogens with zero attached hydrogens (tertiary/aromatic N) is 2. The highest BCUT2D eigenvalue weighted by Gasteiger charge is 2.15. The maximum absolute atomic E-state index is 11.7. The topological polar surface area (TPSA) is 56.7 Å². The number of piperidine rings is 1. The number of anilines is 1. The normalized spacial score (nSPS) is 15.3. The van der Waals surface area contributed by atoms with Gasteiger partial charge in [-0.3, -0.25) is 9.79 Å². The van der Waals surface area contributed by atoms with Gasteiger partial charge in [0.25, 0.3) is 0 Å². The predicted octanol–water partition coefficient (Wildman–Crippen LogP) is 2.86. The highest BCUT2D eigenvalue weighted by Crippen LogP contribution is 2.12. The van der Waals surface area contributed by atoms with Gasteiger partial charge in [0, 0.05) is 31.7 Å². The average Bonchev–Trinajstić information content (AvgIpc) is 2.61. The van der Waals surface area contributed by atoms with Crippen LogP contribution in [0.2, 0.25) is 0 Å². The second kappa shape index (κ2) is 9.87. The maximum atomic E-state index is 11.7. The van der Waals surface area contributed by atoms with Gasteiger partial charge in [0.2, 0.25) is 5.91 Å². The van der Waals surface area contributed by atoms with Gasteiger partial charge >= 0.3 is 0 Å². The first kappa shape index (κ1) is 17.3. The number of benzene rings is 1. The van der Waals surface area contributed by atoms with Gasteiger partial charge in [0.05, 0.1) is 6.54 Å². The third-order valence-corrected chi connectivity index (χ3v) is 3.86. The lowest BCUT2D eigenvalue weighted by atomic mass is 10.1. The lowest BCUT2D eigenvalue weighted by Crippen LogP contribution is -2.40. The third kappa shape index (κ3) is 6.30. The first-order valence-corrected chi connectivity index (χ1v) is 8.67. The van der Waals surface area contributed by atoms with Crippen LogP contribution in [-0.4, -0.2) is 42.9 Å². The number of para-hydroxylation sites is 1. The molecule has 0 spiro atoms. The molecule has 2 rings (SSSR count). The third-order valence-electron chi connectivity index (χ3n) is 3.86. The van der Waals surface area contributed by atoms with Gasteiger partial charge < -0.3 is 15.5 Å². The summed E-state index contributed by atoms with van der Waals surface area (Å²) in [6.07, 6.45) is 5.09. The number of guanidine groups is 1. The van der Waals surface area contributed by atoms with Crippen LogP contribution in [0, 0.1) is 0 Å². The van der Waals surface area contributed by atoms with E-state index in [-0.39, 0.29) is 5.91 Å². The molecule has 1 heterocycles. The number of aliphatic imine (C=N–C) groups is 1. The van der Waals surface area contributed by atoms with E-state index >= 15 is 0 Å². The molecule has 5 nitrogen and oxygen atoms in total. The summed E-state index contributed by atoms with van der Waals surface area (Å²) in [5.41, 5.74) is 1.03. The Kier molecular flexibility index (Phi) is 7.43. The zero-order chi connectivity index (χ0) is 16.3. The number of amides is 1. The van der Waals surface area contributed by atoms with E-state index in [2.05, 4.69) is 27.4 Å². The summed E-state index contributed by atoms with van der Waals surface area (Å²) < 4.78 is 0. The van der Waals surface area contributed by atoms with Crippen molar-refractivity contribution in [3.8, 4) is 0 Å². The molecule has 1 aliphatic rings. The van der Waals surface area contributed by atoms with Crippen LogP contribution in [0.3, 0.4) is 0 Å². The van der Waals surface area contributed by atoms with Crippen molar-refractivity contribution in [2.75, 3.05) is 31.5 Å². The van der Waals surface area contributed by atoms with Gasteiger partial charge in [-0.05, 0) is 37.8 Å². The van der Waals surface area contributed by atoms with Crippen molar-refractivity contribution < 1.29 is 4.79 Å². The molecule has 1 aromatic rings. The van der Waals surface area contributed by atoms with E-state index in [1.165, 1.54) is 19.3 Å². The molecule has 126 valence electrons. The molecule has 0 aromatic heterocycles. The number of hydrogen-bond donors (Lipinski definition) is 2. The summed E-state index contributed by atoms with van der Waals surface area (Å²) in [5, 5.41) is 6.30. The Bertz CT molecular complexity index is 495. The zero-order valence-electron chi connectivity index (χ0n) is 14.1. The molecule has 0 aliphatic carbocycles.